The van der Waals surface area contributed by atoms with Gasteiger partial charge in [-0.15, -0.1) is 5.54 Å². The number of aryl methyl sites for hydroxylation is 4. The van der Waals surface area contributed by atoms with Gasteiger partial charge in [-0.05, 0) is 61.0 Å². The number of hydrogen-bond acceptors (Lipinski definition) is 6. The molecule has 0 aliphatic carbocycles. The number of benzene rings is 2. The van der Waals surface area contributed by atoms with Crippen LogP contribution in [0.4, 0.5) is 4.39 Å². The van der Waals surface area contributed by atoms with Crippen LogP contribution in [0.15, 0.2) is 36.8 Å². The number of pyridine rings is 1. The third-order valence-corrected chi connectivity index (χ3v) is 13.1. The van der Waals surface area contributed by atoms with Gasteiger partial charge in [0, 0.05) is 40.5 Å². The molecule has 6 aromatic rings. The summed E-state index contributed by atoms with van der Waals surface area (Å²) in [6.45, 7) is 17.2. The van der Waals surface area contributed by atoms with Gasteiger partial charge in [0.15, 0.2) is 11.6 Å². The molecule has 0 atom stereocenters. The van der Waals surface area contributed by atoms with Crippen LogP contribution in [0.3, 0.4) is 0 Å². The van der Waals surface area contributed by atoms with Gasteiger partial charge in [-0.1, -0.05) is 39.8 Å². The molecule has 2 aromatic carbocycles. The van der Waals surface area contributed by atoms with E-state index in [0.717, 1.165) is 55.2 Å². The fourth-order valence-electron chi connectivity index (χ4n) is 5.20. The second kappa shape index (κ2) is 9.56. The Balaban J connectivity index is 1.74. The third kappa shape index (κ3) is 4.38. The highest BCUT2D eigenvalue weighted by molar-refractivity contribution is 6.87. The first kappa shape index (κ1) is 27.7. The second-order valence-corrected chi connectivity index (χ2v) is 17.5. The molecule has 0 aliphatic rings. The Hall–Kier alpha value is -4.42. The van der Waals surface area contributed by atoms with Crippen molar-refractivity contribution < 1.29 is 9.13 Å². The summed E-state index contributed by atoms with van der Waals surface area (Å²) in [5, 5.41) is 4.30. The van der Waals surface area contributed by atoms with Crippen LogP contribution in [0.25, 0.3) is 43.6 Å². The molecule has 4 aromatic heterocycles. The quantitative estimate of drug-likeness (QED) is 0.119. The summed E-state index contributed by atoms with van der Waals surface area (Å²) in [4.78, 5) is 22.7. The van der Waals surface area contributed by atoms with E-state index in [-0.39, 0.29) is 16.8 Å². The van der Waals surface area contributed by atoms with Crippen molar-refractivity contribution in [2.45, 2.75) is 59.7 Å². The Bertz CT molecular complexity index is 2150. The van der Waals surface area contributed by atoms with Crippen LogP contribution in [-0.4, -0.2) is 37.6 Å². The van der Waals surface area contributed by atoms with Crippen molar-refractivity contribution in [3.63, 3.8) is 0 Å². The van der Waals surface area contributed by atoms with Crippen molar-refractivity contribution in [3.05, 3.63) is 65.3 Å². The molecule has 42 heavy (non-hydrogen) atoms. The van der Waals surface area contributed by atoms with E-state index >= 15 is 4.39 Å². The van der Waals surface area contributed by atoms with Crippen molar-refractivity contribution in [1.82, 2.24) is 29.5 Å². The topological polar surface area (TPSA) is 78.6 Å². The fraction of sp³-hybridized carbons (Fsp3) is 0.303. The molecular formula is C33H33FN6OSi. The van der Waals surface area contributed by atoms with Crippen molar-refractivity contribution >= 4 is 51.7 Å². The van der Waals surface area contributed by atoms with E-state index in [9.17, 15) is 0 Å². The van der Waals surface area contributed by atoms with Crippen LogP contribution in [0.5, 0.6) is 11.8 Å². The molecule has 0 unspecified atom stereocenters. The SMILES string of the molecule is Cc1ccnc(Oc2cc3c(cc2F)c2c4c(C)ncnc4n(C)c2c2c(C)cc(C#C[Si](C)(C)C(C)(C)C)nc32)n1. The molecule has 0 fully saturated rings. The first-order chi connectivity index (χ1) is 19.8. The number of aromatic nitrogens is 6. The van der Waals surface area contributed by atoms with Gasteiger partial charge >= 0.3 is 6.01 Å². The monoisotopic (exact) mass is 576 g/mol. The fourth-order valence-corrected chi connectivity index (χ4v) is 6.02. The lowest BCUT2D eigenvalue weighted by Crippen LogP contribution is -2.35. The smallest absolute Gasteiger partial charge is 0.322 e. The summed E-state index contributed by atoms with van der Waals surface area (Å²) in [6.07, 6.45) is 3.15. The average molecular weight is 577 g/mol. The second-order valence-electron chi connectivity index (χ2n) is 12.5. The van der Waals surface area contributed by atoms with Crippen LogP contribution >= 0.6 is 0 Å². The highest BCUT2D eigenvalue weighted by atomic mass is 28.3. The maximum absolute atomic E-state index is 15.8. The first-order valence-electron chi connectivity index (χ1n) is 13.9. The summed E-state index contributed by atoms with van der Waals surface area (Å²) in [5.74, 6) is 2.91. The molecule has 212 valence electrons. The lowest BCUT2D eigenvalue weighted by Gasteiger charge is -2.31. The van der Waals surface area contributed by atoms with Crippen molar-refractivity contribution in [3.8, 4) is 23.2 Å². The Morgan fingerprint density at radius 1 is 0.929 bits per heavy atom. The molecule has 0 saturated carbocycles. The number of hydrogen-bond donors (Lipinski definition) is 0. The summed E-state index contributed by atoms with van der Waals surface area (Å²) in [5.41, 5.74) is 9.29. The van der Waals surface area contributed by atoms with E-state index in [2.05, 4.69) is 76.8 Å². The minimum absolute atomic E-state index is 0.0270. The van der Waals surface area contributed by atoms with Gasteiger partial charge in [0.1, 0.15) is 25.7 Å². The zero-order chi connectivity index (χ0) is 30.1. The van der Waals surface area contributed by atoms with Gasteiger partial charge in [0.05, 0.1) is 16.7 Å². The summed E-state index contributed by atoms with van der Waals surface area (Å²) in [7, 11) is 0.106. The molecule has 0 bridgehead atoms. The van der Waals surface area contributed by atoms with E-state index in [1.54, 1.807) is 24.7 Å². The molecule has 0 aliphatic heterocycles. The van der Waals surface area contributed by atoms with E-state index in [1.807, 2.05) is 27.0 Å². The van der Waals surface area contributed by atoms with Crippen LogP contribution in [0.2, 0.25) is 18.1 Å². The van der Waals surface area contributed by atoms with Gasteiger partial charge in [-0.3, -0.25) is 0 Å². The molecule has 7 nitrogen and oxygen atoms in total. The Labute approximate surface area is 245 Å². The van der Waals surface area contributed by atoms with E-state index < -0.39 is 13.9 Å². The van der Waals surface area contributed by atoms with Gasteiger partial charge < -0.3 is 9.30 Å². The highest BCUT2D eigenvalue weighted by Gasteiger charge is 2.33. The molecule has 0 saturated heterocycles. The molecular weight excluding hydrogens is 543 g/mol. The summed E-state index contributed by atoms with van der Waals surface area (Å²) < 4.78 is 23.8. The van der Waals surface area contributed by atoms with Gasteiger partial charge in [-0.2, -0.15) is 0 Å². The Kier molecular flexibility index (Phi) is 6.31. The number of rotatable bonds is 2. The predicted molar refractivity (Wildman–Crippen MR) is 169 cm³/mol. The highest BCUT2D eigenvalue weighted by Crippen LogP contribution is 2.43. The standard InChI is InChI=1S/C33H33FN6OSi/c1-18-14-21(11-13-42(8,9)33(4,5)6)39-29-23-16-25(41-32-35-12-10-19(2)38-32)24(34)15-22(23)28-27-20(3)36-17-37-31(27)40(7)30(28)26(18)29/h10,12,14-17H,1-9H3. The Morgan fingerprint density at radius 2 is 1.69 bits per heavy atom. The van der Waals surface area contributed by atoms with E-state index in [4.69, 9.17) is 9.72 Å². The van der Waals surface area contributed by atoms with Crippen molar-refractivity contribution in [2.24, 2.45) is 7.05 Å². The number of nitrogens with zero attached hydrogens (tertiary/aromatic N) is 6. The van der Waals surface area contributed by atoms with Crippen LogP contribution in [0, 0.1) is 38.1 Å². The van der Waals surface area contributed by atoms with Gasteiger partial charge in [0.25, 0.3) is 0 Å². The van der Waals surface area contributed by atoms with Crippen LogP contribution in [0.1, 0.15) is 43.4 Å². The normalized spacial score (nSPS) is 12.3. The number of fused-ring (bicyclic) bond motifs is 8. The predicted octanol–water partition coefficient (Wildman–Crippen LogP) is 7.87. The maximum Gasteiger partial charge on any atom is 0.322 e. The largest absolute Gasteiger partial charge is 0.421 e. The molecule has 0 N–H and O–H groups in total. The molecule has 4 heterocycles. The summed E-state index contributed by atoms with van der Waals surface area (Å²) >= 11 is 0. The van der Waals surface area contributed by atoms with Gasteiger partial charge in [-0.25, -0.2) is 29.3 Å². The zero-order valence-corrected chi connectivity index (χ0v) is 26.4. The lowest BCUT2D eigenvalue weighted by atomic mass is 9.96. The van der Waals surface area contributed by atoms with Crippen molar-refractivity contribution in [2.75, 3.05) is 0 Å². The maximum atomic E-state index is 15.8. The first-order valence-corrected chi connectivity index (χ1v) is 16.9. The minimum atomic E-state index is -1.88. The van der Waals surface area contributed by atoms with E-state index in [1.165, 1.54) is 6.07 Å². The van der Waals surface area contributed by atoms with Crippen LogP contribution < -0.4 is 4.74 Å². The third-order valence-electron chi connectivity index (χ3n) is 8.56. The summed E-state index contributed by atoms with van der Waals surface area (Å²) in [6, 6.07) is 7.11. The van der Waals surface area contributed by atoms with E-state index in [0.29, 0.717) is 11.1 Å². The zero-order valence-electron chi connectivity index (χ0n) is 25.4. The minimum Gasteiger partial charge on any atom is -0.421 e. The molecule has 6 rings (SSSR count). The number of ether oxygens (including phenoxy) is 1. The lowest BCUT2D eigenvalue weighted by molar-refractivity contribution is 0.411. The number of halogens is 1. The average Bonchev–Trinajstić information content (AvgIpc) is 3.21. The Morgan fingerprint density at radius 3 is 2.40 bits per heavy atom. The van der Waals surface area contributed by atoms with Gasteiger partial charge in [0.2, 0.25) is 0 Å². The van der Waals surface area contributed by atoms with Crippen LogP contribution in [-0.2, 0) is 7.05 Å². The molecule has 9 heteroatoms. The molecule has 0 radical (unpaired) electrons. The van der Waals surface area contributed by atoms with Crippen molar-refractivity contribution in [1.29, 1.82) is 0 Å². The molecule has 0 amide bonds. The molecule has 0 spiro atoms.